The molecule has 2 aromatic carbocycles. The Morgan fingerprint density at radius 2 is 1.61 bits per heavy atom. The molecule has 5 N–H and O–H groups in total. The number of hydrogen-bond donors (Lipinski definition) is 3. The molecule has 0 fully saturated rings. The van der Waals surface area contributed by atoms with Crippen LogP contribution in [0.4, 0.5) is 0 Å². The van der Waals surface area contributed by atoms with Gasteiger partial charge in [0, 0.05) is 13.1 Å². The van der Waals surface area contributed by atoms with Crippen molar-refractivity contribution in [2.75, 3.05) is 13.1 Å². The van der Waals surface area contributed by atoms with Gasteiger partial charge >= 0.3 is 43.7 Å². The summed E-state index contributed by atoms with van der Waals surface area (Å²) < 4.78 is 0. The third-order valence-electron chi connectivity index (χ3n) is 2.19. The van der Waals surface area contributed by atoms with Crippen molar-refractivity contribution >= 4 is 54.5 Å². The van der Waals surface area contributed by atoms with Crippen molar-refractivity contribution in [2.24, 2.45) is 11.5 Å². The van der Waals surface area contributed by atoms with Crippen molar-refractivity contribution in [2.45, 2.75) is 0 Å². The fraction of sp³-hybridized carbons (Fsp3) is 0.154. The van der Waals surface area contributed by atoms with Crippen LogP contribution in [-0.4, -0.2) is 61.9 Å². The monoisotopic (exact) mass is 274 g/mol. The van der Waals surface area contributed by atoms with Crippen molar-refractivity contribution < 1.29 is 12.8 Å². The minimum absolute atomic E-state index is 0. The van der Waals surface area contributed by atoms with E-state index in [0.29, 0.717) is 18.7 Å². The summed E-state index contributed by atoms with van der Waals surface area (Å²) in [5, 5.41) is 10.6. The molecule has 5 heteroatoms. The molecule has 0 saturated carbocycles. The molecule has 94 valence electrons. The van der Waals surface area contributed by atoms with Gasteiger partial charge in [-0.2, -0.15) is 0 Å². The maximum Gasteiger partial charge on any atom is 2.00 e. The van der Waals surface area contributed by atoms with Crippen LogP contribution < -0.4 is 11.5 Å². The van der Waals surface area contributed by atoms with Crippen LogP contribution in [-0.2, 0) is 0 Å². The molecule has 0 radical (unpaired) electrons. The van der Waals surface area contributed by atoms with Gasteiger partial charge in [0.15, 0.2) is 0 Å². The summed E-state index contributed by atoms with van der Waals surface area (Å²) >= 11 is 0. The van der Waals surface area contributed by atoms with E-state index in [9.17, 15) is 4.79 Å². The van der Waals surface area contributed by atoms with E-state index < -0.39 is 5.97 Å². The van der Waals surface area contributed by atoms with E-state index in [1.54, 1.807) is 12.1 Å². The van der Waals surface area contributed by atoms with E-state index >= 15 is 0 Å². The van der Waals surface area contributed by atoms with Gasteiger partial charge in [-0.25, -0.2) is 4.79 Å². The quantitative estimate of drug-likeness (QED) is 0.720. The maximum absolute atomic E-state index is 10.8. The first kappa shape index (κ1) is 17.3. The number of benzene rings is 2. The number of nitrogens with two attached hydrogens (primary N) is 2. The van der Waals surface area contributed by atoms with E-state index in [2.05, 4.69) is 0 Å². The molecule has 0 aliphatic heterocycles. The van der Waals surface area contributed by atoms with Gasteiger partial charge in [-0.05, 0) is 16.8 Å². The standard InChI is InChI=1S/C11H8O2.C2H8N2.Ca.2H/c12-11(13)10-7-3-5-8-4-1-2-6-9(8)10;3-1-2-4;;;/h1-7H,(H,12,13);1-4H2;;;/q;;+2;2*-1. The average molecular weight is 274 g/mol. The minimum Gasteiger partial charge on any atom is -1.00 e. The predicted octanol–water partition coefficient (Wildman–Crippen LogP) is 1.29. The second-order valence-corrected chi connectivity index (χ2v) is 3.41. The Kier molecular flexibility index (Phi) is 8.97. The Hall–Kier alpha value is -0.650. The van der Waals surface area contributed by atoms with Gasteiger partial charge in [-0.1, -0.05) is 36.4 Å². The smallest absolute Gasteiger partial charge is 1.00 e. The number of carbonyl (C=O) groups is 1. The van der Waals surface area contributed by atoms with Crippen LogP contribution in [0.5, 0.6) is 0 Å². The Labute approximate surface area is 139 Å². The first-order valence-electron chi connectivity index (χ1n) is 5.32. The van der Waals surface area contributed by atoms with E-state index in [-0.39, 0.29) is 40.6 Å². The topological polar surface area (TPSA) is 89.3 Å². The molecule has 0 saturated heterocycles. The van der Waals surface area contributed by atoms with E-state index in [1.807, 2.05) is 30.3 Å². The number of hydrogen-bond acceptors (Lipinski definition) is 3. The molecule has 0 bridgehead atoms. The molecule has 0 aromatic heterocycles. The van der Waals surface area contributed by atoms with Crippen LogP contribution >= 0.6 is 0 Å². The third-order valence-corrected chi connectivity index (χ3v) is 2.19. The second-order valence-electron chi connectivity index (χ2n) is 3.41. The predicted molar refractivity (Wildman–Crippen MR) is 77.0 cm³/mol. The van der Waals surface area contributed by atoms with Crippen LogP contribution in [0.15, 0.2) is 42.5 Å². The third kappa shape index (κ3) is 4.92. The van der Waals surface area contributed by atoms with Crippen molar-refractivity contribution in [1.82, 2.24) is 0 Å². The Morgan fingerprint density at radius 3 is 2.17 bits per heavy atom. The molecule has 2 aromatic rings. The molecular formula is C13H18CaN2O2. The van der Waals surface area contributed by atoms with Gasteiger partial charge < -0.3 is 19.4 Å². The molecule has 0 heterocycles. The molecule has 2 rings (SSSR count). The largest absolute Gasteiger partial charge is 2.00 e. The average Bonchev–Trinajstić information content (AvgIpc) is 2.38. The maximum atomic E-state index is 10.8. The normalized spacial score (nSPS) is 9.00. The molecular weight excluding hydrogens is 256 g/mol. The van der Waals surface area contributed by atoms with Crippen molar-refractivity contribution in [3.63, 3.8) is 0 Å². The summed E-state index contributed by atoms with van der Waals surface area (Å²) in [5.41, 5.74) is 10.2. The Balaban J connectivity index is -0.000000372. The number of carboxylic acid groups (broad SMARTS) is 1. The van der Waals surface area contributed by atoms with Crippen molar-refractivity contribution in [3.8, 4) is 0 Å². The summed E-state index contributed by atoms with van der Waals surface area (Å²) in [6.07, 6.45) is 0. The number of fused-ring (bicyclic) bond motifs is 1. The van der Waals surface area contributed by atoms with Crippen molar-refractivity contribution in [1.29, 1.82) is 0 Å². The number of carboxylic acids is 1. The fourth-order valence-electron chi connectivity index (χ4n) is 1.41. The zero-order chi connectivity index (χ0) is 12.7. The molecule has 18 heavy (non-hydrogen) atoms. The fourth-order valence-corrected chi connectivity index (χ4v) is 1.41. The van der Waals surface area contributed by atoms with Gasteiger partial charge in [0.2, 0.25) is 0 Å². The number of aromatic carboxylic acids is 1. The molecule has 0 unspecified atom stereocenters. The Bertz CT molecular complexity index is 505. The molecule has 0 amide bonds. The zero-order valence-electron chi connectivity index (χ0n) is 12.2. The first-order valence-corrected chi connectivity index (χ1v) is 5.32. The Morgan fingerprint density at radius 1 is 1.06 bits per heavy atom. The summed E-state index contributed by atoms with van der Waals surface area (Å²) in [4.78, 5) is 10.8. The van der Waals surface area contributed by atoms with Gasteiger partial charge in [0.05, 0.1) is 5.56 Å². The van der Waals surface area contributed by atoms with E-state index in [1.165, 1.54) is 0 Å². The summed E-state index contributed by atoms with van der Waals surface area (Å²) in [5.74, 6) is -0.878. The second kappa shape index (κ2) is 9.30. The first-order chi connectivity index (χ1) is 8.20. The van der Waals surface area contributed by atoms with Crippen LogP contribution in [0.3, 0.4) is 0 Å². The molecule has 0 spiro atoms. The van der Waals surface area contributed by atoms with Crippen LogP contribution in [0, 0.1) is 0 Å². The van der Waals surface area contributed by atoms with E-state index in [4.69, 9.17) is 16.6 Å². The summed E-state index contributed by atoms with van der Waals surface area (Å²) in [6.45, 7) is 1.19. The zero-order valence-corrected chi connectivity index (χ0v) is 12.4. The summed E-state index contributed by atoms with van der Waals surface area (Å²) in [7, 11) is 0. The SMILES string of the molecule is NCCN.O=C(O)c1cccc2ccccc12.[Ca+2].[H-].[H-]. The molecule has 4 nitrogen and oxygen atoms in total. The molecule has 0 aliphatic rings. The molecule has 0 atom stereocenters. The summed E-state index contributed by atoms with van der Waals surface area (Å²) in [6, 6.07) is 12.7. The van der Waals surface area contributed by atoms with Crippen molar-refractivity contribution in [3.05, 3.63) is 48.0 Å². The van der Waals surface area contributed by atoms with Gasteiger partial charge in [-0.15, -0.1) is 0 Å². The van der Waals surface area contributed by atoms with Gasteiger partial charge in [0.25, 0.3) is 0 Å². The van der Waals surface area contributed by atoms with Crippen LogP contribution in [0.25, 0.3) is 10.8 Å². The van der Waals surface area contributed by atoms with Crippen LogP contribution in [0.2, 0.25) is 0 Å². The van der Waals surface area contributed by atoms with Crippen LogP contribution in [0.1, 0.15) is 13.2 Å². The minimum atomic E-state index is -0.878. The van der Waals surface area contributed by atoms with Gasteiger partial charge in [-0.3, -0.25) is 0 Å². The number of rotatable bonds is 2. The molecule has 0 aliphatic carbocycles. The van der Waals surface area contributed by atoms with E-state index in [0.717, 1.165) is 10.8 Å². The van der Waals surface area contributed by atoms with Gasteiger partial charge in [0.1, 0.15) is 0 Å².